The van der Waals surface area contributed by atoms with E-state index in [0.717, 1.165) is 11.1 Å². The highest BCUT2D eigenvalue weighted by atomic mass is 16.8. The van der Waals surface area contributed by atoms with E-state index < -0.39 is 11.2 Å². The molecule has 0 fully saturated rings. The number of carbonyl (C=O) groups is 1. The van der Waals surface area contributed by atoms with Gasteiger partial charge in [-0.3, -0.25) is 0 Å². The molecule has 2 N–H and O–H groups in total. The van der Waals surface area contributed by atoms with E-state index in [-0.39, 0.29) is 18.9 Å². The zero-order chi connectivity index (χ0) is 21.8. The van der Waals surface area contributed by atoms with Crippen LogP contribution in [0.5, 0.6) is 5.75 Å². The van der Waals surface area contributed by atoms with E-state index in [1.165, 1.54) is 12.1 Å². The smallest absolute Gasteiger partial charge is 0.342 e. The molecular weight excluding hydrogens is 398 g/mol. The second kappa shape index (κ2) is 9.01. The molecule has 4 aromatic rings. The van der Waals surface area contributed by atoms with Crippen molar-refractivity contribution in [1.82, 2.24) is 0 Å². The number of carbonyl (C=O) groups excluding carboxylic acids is 1. The van der Waals surface area contributed by atoms with Gasteiger partial charge in [-0.1, -0.05) is 30.3 Å². The van der Waals surface area contributed by atoms with E-state index >= 15 is 0 Å². The quantitative estimate of drug-likeness (QED) is 0.343. The molecule has 4 rings (SSSR count). The third kappa shape index (κ3) is 4.44. The highest BCUT2D eigenvalue weighted by Crippen LogP contribution is 2.36. The summed E-state index contributed by atoms with van der Waals surface area (Å²) < 4.78 is 17.1. The molecular formula is C24H21NO6. The van der Waals surface area contributed by atoms with E-state index in [0.29, 0.717) is 28.0 Å². The molecule has 158 valence electrons. The molecule has 1 heterocycles. The van der Waals surface area contributed by atoms with Crippen LogP contribution in [0.2, 0.25) is 0 Å². The maximum absolute atomic E-state index is 12.7. The Morgan fingerprint density at radius 1 is 1.06 bits per heavy atom. The summed E-state index contributed by atoms with van der Waals surface area (Å²) in [5, 5.41) is 19.6. The van der Waals surface area contributed by atoms with E-state index in [1.807, 2.05) is 30.3 Å². The first-order valence-electron chi connectivity index (χ1n) is 9.81. The topological polar surface area (TPSA) is 96.4 Å². The van der Waals surface area contributed by atoms with Crippen LogP contribution in [0, 0.1) is 5.21 Å². The number of furan rings is 1. The lowest BCUT2D eigenvalue weighted by atomic mass is 10.1. The first-order valence-corrected chi connectivity index (χ1v) is 9.81. The van der Waals surface area contributed by atoms with Crippen LogP contribution < -0.4 is 9.96 Å². The van der Waals surface area contributed by atoms with Crippen molar-refractivity contribution in [2.75, 3.05) is 6.61 Å². The Bertz CT molecular complexity index is 1180. The lowest BCUT2D eigenvalue weighted by molar-refractivity contribution is -0.991. The first-order chi connectivity index (χ1) is 15.1. The lowest BCUT2D eigenvalue weighted by Gasteiger charge is -2.12. The first kappa shape index (κ1) is 20.6. The van der Waals surface area contributed by atoms with Crippen molar-refractivity contribution in [3.05, 3.63) is 89.1 Å². The summed E-state index contributed by atoms with van der Waals surface area (Å²) in [6.07, 6.45) is 0. The van der Waals surface area contributed by atoms with Crippen LogP contribution in [0.3, 0.4) is 0 Å². The molecule has 0 saturated heterocycles. The molecule has 0 aliphatic carbocycles. The number of ether oxygens (including phenoxy) is 2. The van der Waals surface area contributed by atoms with Gasteiger partial charge in [0.25, 0.3) is 0 Å². The molecule has 0 aliphatic rings. The molecule has 1 aromatic heterocycles. The zero-order valence-corrected chi connectivity index (χ0v) is 16.8. The molecule has 3 aromatic carbocycles. The van der Waals surface area contributed by atoms with Gasteiger partial charge in [0.05, 0.1) is 6.61 Å². The number of hydrogen-bond donors (Lipinski definition) is 2. The molecule has 7 nitrogen and oxygen atoms in total. The normalized spacial score (nSPS) is 12.0. The van der Waals surface area contributed by atoms with Crippen molar-refractivity contribution < 1.29 is 29.1 Å². The third-order valence-corrected chi connectivity index (χ3v) is 4.78. The molecule has 0 saturated carbocycles. The lowest BCUT2D eigenvalue weighted by Crippen LogP contribution is -2.99. The van der Waals surface area contributed by atoms with Gasteiger partial charge in [-0.2, -0.15) is 5.23 Å². The van der Waals surface area contributed by atoms with Crippen LogP contribution >= 0.6 is 0 Å². The number of esters is 1. The largest absolute Gasteiger partial charge is 0.595 e. The zero-order valence-electron chi connectivity index (χ0n) is 16.8. The second-order valence-corrected chi connectivity index (χ2v) is 6.84. The molecule has 7 heteroatoms. The van der Waals surface area contributed by atoms with Crippen LogP contribution in [0.4, 0.5) is 5.69 Å². The highest BCUT2D eigenvalue weighted by molar-refractivity contribution is 6.09. The Kier molecular flexibility index (Phi) is 5.99. The molecule has 31 heavy (non-hydrogen) atoms. The summed E-state index contributed by atoms with van der Waals surface area (Å²) in [4.78, 5) is 12.7. The predicted octanol–water partition coefficient (Wildman–Crippen LogP) is 4.26. The van der Waals surface area contributed by atoms with Crippen LogP contribution in [-0.4, -0.2) is 17.8 Å². The highest BCUT2D eigenvalue weighted by Gasteiger charge is 2.23. The monoisotopic (exact) mass is 419 g/mol. The molecule has 0 aliphatic heterocycles. The average Bonchev–Trinajstić information content (AvgIpc) is 3.17. The summed E-state index contributed by atoms with van der Waals surface area (Å²) in [5.74, 6) is 0.553. The van der Waals surface area contributed by atoms with Crippen LogP contribution in [0.25, 0.3) is 22.3 Å². The molecule has 1 atom stereocenters. The van der Waals surface area contributed by atoms with Gasteiger partial charge in [0.2, 0.25) is 0 Å². The predicted molar refractivity (Wildman–Crippen MR) is 114 cm³/mol. The summed E-state index contributed by atoms with van der Waals surface area (Å²) >= 11 is 0. The number of fused-ring (bicyclic) bond motifs is 1. The molecule has 0 amide bonds. The van der Waals surface area contributed by atoms with Gasteiger partial charge in [0, 0.05) is 23.1 Å². The Morgan fingerprint density at radius 2 is 1.81 bits per heavy atom. The van der Waals surface area contributed by atoms with Crippen molar-refractivity contribution in [3.63, 3.8) is 0 Å². The number of nitrogens with one attached hydrogen (secondary N) is 1. The maximum atomic E-state index is 12.7. The van der Waals surface area contributed by atoms with Gasteiger partial charge in [-0.25, -0.2) is 10.0 Å². The summed E-state index contributed by atoms with van der Waals surface area (Å²) in [6, 6.07) is 21.1. The number of hydrogen-bond acceptors (Lipinski definition) is 6. The Labute approximate surface area is 178 Å². The minimum Gasteiger partial charge on any atom is -0.595 e. The average molecular weight is 419 g/mol. The molecule has 1 unspecified atom stereocenters. The van der Waals surface area contributed by atoms with E-state index in [2.05, 4.69) is 0 Å². The van der Waals surface area contributed by atoms with E-state index in [9.17, 15) is 10.0 Å². The Hall–Kier alpha value is -3.65. The number of benzene rings is 3. The van der Waals surface area contributed by atoms with Crippen LogP contribution in [-0.2, 0) is 11.3 Å². The third-order valence-electron chi connectivity index (χ3n) is 4.78. The van der Waals surface area contributed by atoms with E-state index in [1.54, 1.807) is 37.3 Å². The van der Waals surface area contributed by atoms with Crippen molar-refractivity contribution >= 4 is 22.6 Å². The molecule has 0 spiro atoms. The standard InChI is InChI=1S/C24H21NO6/c1-2-29-24(26)22-20-14-19(30-15-16-8-10-18(11-9-16)25(27)28)12-13-21(20)31-23(22)17-6-4-3-5-7-17/h3-14,25,27H,2,15H2,1H3. The number of quaternary nitrogens is 1. The maximum Gasteiger partial charge on any atom is 0.342 e. The minimum atomic E-state index is -0.974. The molecule has 0 bridgehead atoms. The summed E-state index contributed by atoms with van der Waals surface area (Å²) in [6.45, 7) is 2.26. The van der Waals surface area contributed by atoms with Crippen molar-refractivity contribution in [3.8, 4) is 17.1 Å². The molecule has 0 radical (unpaired) electrons. The van der Waals surface area contributed by atoms with Crippen LogP contribution in [0.15, 0.2) is 77.2 Å². The van der Waals surface area contributed by atoms with Crippen LogP contribution in [0.1, 0.15) is 22.8 Å². The fourth-order valence-electron chi connectivity index (χ4n) is 3.28. The van der Waals surface area contributed by atoms with Gasteiger partial charge in [-0.15, -0.1) is 0 Å². The Morgan fingerprint density at radius 3 is 2.48 bits per heavy atom. The van der Waals surface area contributed by atoms with Gasteiger partial charge in [0.1, 0.15) is 29.3 Å². The van der Waals surface area contributed by atoms with Gasteiger partial charge >= 0.3 is 5.97 Å². The van der Waals surface area contributed by atoms with E-state index in [4.69, 9.17) is 19.1 Å². The van der Waals surface area contributed by atoms with Crippen molar-refractivity contribution in [1.29, 1.82) is 0 Å². The fourth-order valence-corrected chi connectivity index (χ4v) is 3.28. The summed E-state index contributed by atoms with van der Waals surface area (Å²) in [7, 11) is 0. The minimum absolute atomic E-state index is 0.219. The van der Waals surface area contributed by atoms with Crippen molar-refractivity contribution in [2.45, 2.75) is 13.5 Å². The fraction of sp³-hybridized carbons (Fsp3) is 0.125. The van der Waals surface area contributed by atoms with Gasteiger partial charge < -0.3 is 19.1 Å². The number of rotatable bonds is 7. The van der Waals surface area contributed by atoms with Crippen molar-refractivity contribution in [2.24, 2.45) is 0 Å². The van der Waals surface area contributed by atoms with Gasteiger partial charge in [0.15, 0.2) is 5.69 Å². The summed E-state index contributed by atoms with van der Waals surface area (Å²) in [5.41, 5.74) is 2.74. The van der Waals surface area contributed by atoms with Gasteiger partial charge in [-0.05, 0) is 42.8 Å². The second-order valence-electron chi connectivity index (χ2n) is 6.84. The SMILES string of the molecule is CCOC(=O)c1c(-c2ccccc2)oc2ccc(OCc3ccc([NH+]([O-])O)cc3)cc12. The Balaban J connectivity index is 1.65.